The van der Waals surface area contributed by atoms with Gasteiger partial charge in [-0.25, -0.2) is 0 Å². The number of nitrogens with one attached hydrogen (secondary N) is 1. The van der Waals surface area contributed by atoms with Gasteiger partial charge in [0.15, 0.2) is 0 Å². The maximum atomic E-state index is 12.6. The molecular weight excluding hydrogens is 336 g/mol. The number of H-pyrrole nitrogens is 1. The van der Waals surface area contributed by atoms with Crippen LogP contribution < -0.4 is 4.74 Å². The molecule has 1 amide bonds. The molecule has 0 bridgehead atoms. The van der Waals surface area contributed by atoms with Crippen LogP contribution in [0.2, 0.25) is 0 Å². The quantitative estimate of drug-likeness (QED) is 0.725. The number of aromatic nitrogens is 1. The molecule has 4 rings (SSSR count). The van der Waals surface area contributed by atoms with Crippen LogP contribution in [0.4, 0.5) is 0 Å². The largest absolute Gasteiger partial charge is 0.497 e. The summed E-state index contributed by atoms with van der Waals surface area (Å²) in [5.74, 6) is 1.65. The number of ether oxygens (including phenoxy) is 1. The molecule has 0 spiro atoms. The van der Waals surface area contributed by atoms with Crippen LogP contribution in [-0.4, -0.2) is 36.0 Å². The Kier molecular flexibility index (Phi) is 5.14. The minimum Gasteiger partial charge on any atom is -0.497 e. The summed E-state index contributed by atoms with van der Waals surface area (Å²) in [5, 5.41) is 1.24. The Morgan fingerprint density at radius 3 is 2.67 bits per heavy atom. The fourth-order valence-corrected chi connectivity index (χ4v) is 4.08. The van der Waals surface area contributed by atoms with Crippen molar-refractivity contribution in [1.29, 1.82) is 0 Å². The van der Waals surface area contributed by atoms with Crippen molar-refractivity contribution in [1.82, 2.24) is 9.88 Å². The van der Waals surface area contributed by atoms with Gasteiger partial charge in [-0.15, -0.1) is 0 Å². The van der Waals surface area contributed by atoms with Gasteiger partial charge in [0.1, 0.15) is 5.75 Å². The second-order valence-electron chi connectivity index (χ2n) is 7.30. The Bertz CT molecular complexity index is 909. The van der Waals surface area contributed by atoms with E-state index >= 15 is 0 Å². The standard InChI is InChI=1S/C23H26N2O2/c1-27-19-8-9-22-20(15-19)21(16-24-22)18-11-13-25(14-12-18)23(26)10-7-17-5-3-2-4-6-17/h2-6,8-9,15-16,18,24H,7,10-14H2,1H3. The molecule has 1 fully saturated rings. The molecule has 0 aliphatic carbocycles. The molecule has 3 aromatic rings. The molecule has 1 aliphatic heterocycles. The Labute approximate surface area is 160 Å². The first-order chi connectivity index (χ1) is 13.2. The molecule has 0 unspecified atom stereocenters. The molecule has 4 heteroatoms. The zero-order valence-electron chi connectivity index (χ0n) is 15.8. The minimum absolute atomic E-state index is 0.276. The predicted molar refractivity (Wildman–Crippen MR) is 108 cm³/mol. The summed E-state index contributed by atoms with van der Waals surface area (Å²) in [4.78, 5) is 18.0. The second kappa shape index (κ2) is 7.87. The van der Waals surface area contributed by atoms with Crippen molar-refractivity contribution in [2.45, 2.75) is 31.6 Å². The number of carbonyl (C=O) groups is 1. The molecule has 0 radical (unpaired) electrons. The third kappa shape index (κ3) is 3.85. The molecule has 1 aliphatic rings. The van der Waals surface area contributed by atoms with E-state index in [1.807, 2.05) is 29.2 Å². The average molecular weight is 362 g/mol. The van der Waals surface area contributed by atoms with Gasteiger partial charge in [-0.3, -0.25) is 4.79 Å². The van der Waals surface area contributed by atoms with Crippen LogP contribution in [0.15, 0.2) is 54.7 Å². The van der Waals surface area contributed by atoms with Gasteiger partial charge in [0.2, 0.25) is 5.91 Å². The Hall–Kier alpha value is -2.75. The summed E-state index contributed by atoms with van der Waals surface area (Å²) >= 11 is 0. The number of hydrogen-bond donors (Lipinski definition) is 1. The van der Waals surface area contributed by atoms with E-state index < -0.39 is 0 Å². The van der Waals surface area contributed by atoms with Crippen LogP contribution in [0.5, 0.6) is 5.75 Å². The first-order valence-electron chi connectivity index (χ1n) is 9.71. The van der Waals surface area contributed by atoms with Crippen LogP contribution in [-0.2, 0) is 11.2 Å². The molecular formula is C23H26N2O2. The summed E-state index contributed by atoms with van der Waals surface area (Å²) in [5.41, 5.74) is 3.72. The lowest BCUT2D eigenvalue weighted by atomic mass is 9.89. The SMILES string of the molecule is COc1ccc2[nH]cc(C3CCN(C(=O)CCc4ccccc4)CC3)c2c1. The summed E-state index contributed by atoms with van der Waals surface area (Å²) in [6.07, 6.45) is 5.57. The second-order valence-corrected chi connectivity index (χ2v) is 7.30. The van der Waals surface area contributed by atoms with E-state index in [4.69, 9.17) is 4.74 Å². The molecule has 0 saturated carbocycles. The minimum atomic E-state index is 0.276. The Morgan fingerprint density at radius 1 is 1.15 bits per heavy atom. The van der Waals surface area contributed by atoms with E-state index in [2.05, 4.69) is 35.4 Å². The Balaban J connectivity index is 1.37. The van der Waals surface area contributed by atoms with Gasteiger partial charge in [-0.05, 0) is 54.5 Å². The molecule has 2 heterocycles. The van der Waals surface area contributed by atoms with Crippen molar-refractivity contribution in [3.63, 3.8) is 0 Å². The van der Waals surface area contributed by atoms with Crippen molar-refractivity contribution >= 4 is 16.8 Å². The molecule has 0 atom stereocenters. The van der Waals surface area contributed by atoms with E-state index in [0.29, 0.717) is 12.3 Å². The highest BCUT2D eigenvalue weighted by Gasteiger charge is 2.25. The number of benzene rings is 2. The molecule has 1 N–H and O–H groups in total. The number of piperidine rings is 1. The first kappa shape index (κ1) is 17.7. The Morgan fingerprint density at radius 2 is 1.93 bits per heavy atom. The predicted octanol–water partition coefficient (Wildman–Crippen LogP) is 4.52. The third-order valence-electron chi connectivity index (χ3n) is 5.68. The van der Waals surface area contributed by atoms with Gasteiger partial charge in [0.25, 0.3) is 0 Å². The topological polar surface area (TPSA) is 45.3 Å². The van der Waals surface area contributed by atoms with E-state index in [1.165, 1.54) is 16.5 Å². The lowest BCUT2D eigenvalue weighted by Gasteiger charge is -2.32. The molecule has 4 nitrogen and oxygen atoms in total. The number of hydrogen-bond acceptors (Lipinski definition) is 2. The number of nitrogens with zero attached hydrogens (tertiary/aromatic N) is 1. The van der Waals surface area contributed by atoms with Gasteiger partial charge in [0, 0.05) is 36.6 Å². The monoisotopic (exact) mass is 362 g/mol. The van der Waals surface area contributed by atoms with E-state index in [9.17, 15) is 4.79 Å². The molecule has 27 heavy (non-hydrogen) atoms. The van der Waals surface area contributed by atoms with Crippen LogP contribution in [0.1, 0.15) is 36.3 Å². The number of rotatable bonds is 5. The number of carbonyl (C=O) groups excluding carboxylic acids is 1. The van der Waals surface area contributed by atoms with Gasteiger partial charge in [-0.1, -0.05) is 30.3 Å². The lowest BCUT2D eigenvalue weighted by Crippen LogP contribution is -2.38. The number of aromatic amines is 1. The fourth-order valence-electron chi connectivity index (χ4n) is 4.08. The number of likely N-dealkylation sites (tertiary alicyclic amines) is 1. The van der Waals surface area contributed by atoms with Crippen LogP contribution in [0, 0.1) is 0 Å². The summed E-state index contributed by atoms with van der Waals surface area (Å²) in [6, 6.07) is 16.4. The van der Waals surface area contributed by atoms with Crippen LogP contribution in [0.3, 0.4) is 0 Å². The van der Waals surface area contributed by atoms with Gasteiger partial charge in [-0.2, -0.15) is 0 Å². The van der Waals surface area contributed by atoms with Crippen LogP contribution >= 0.6 is 0 Å². The molecule has 1 saturated heterocycles. The smallest absolute Gasteiger partial charge is 0.222 e. The highest BCUT2D eigenvalue weighted by Crippen LogP contribution is 2.34. The van der Waals surface area contributed by atoms with E-state index in [-0.39, 0.29) is 5.91 Å². The average Bonchev–Trinajstić information content (AvgIpc) is 3.16. The van der Waals surface area contributed by atoms with E-state index in [0.717, 1.165) is 43.6 Å². The molecule has 140 valence electrons. The highest BCUT2D eigenvalue weighted by molar-refractivity contribution is 5.85. The van der Waals surface area contributed by atoms with Crippen molar-refractivity contribution in [2.24, 2.45) is 0 Å². The fraction of sp³-hybridized carbons (Fsp3) is 0.348. The maximum absolute atomic E-state index is 12.6. The van der Waals surface area contributed by atoms with Crippen LogP contribution in [0.25, 0.3) is 10.9 Å². The van der Waals surface area contributed by atoms with Gasteiger partial charge >= 0.3 is 0 Å². The number of methoxy groups -OCH3 is 1. The summed E-state index contributed by atoms with van der Waals surface area (Å²) in [6.45, 7) is 1.68. The number of aryl methyl sites for hydroxylation is 1. The molecule has 2 aromatic carbocycles. The maximum Gasteiger partial charge on any atom is 0.222 e. The van der Waals surface area contributed by atoms with Gasteiger partial charge < -0.3 is 14.6 Å². The van der Waals surface area contributed by atoms with E-state index in [1.54, 1.807) is 7.11 Å². The van der Waals surface area contributed by atoms with Crippen molar-refractivity contribution < 1.29 is 9.53 Å². The van der Waals surface area contributed by atoms with Gasteiger partial charge in [0.05, 0.1) is 7.11 Å². The van der Waals surface area contributed by atoms with Crippen molar-refractivity contribution in [2.75, 3.05) is 20.2 Å². The number of fused-ring (bicyclic) bond motifs is 1. The third-order valence-corrected chi connectivity index (χ3v) is 5.68. The summed E-state index contributed by atoms with van der Waals surface area (Å²) < 4.78 is 5.38. The lowest BCUT2D eigenvalue weighted by molar-refractivity contribution is -0.132. The zero-order chi connectivity index (χ0) is 18.6. The molecule has 1 aromatic heterocycles. The van der Waals surface area contributed by atoms with Crippen molar-refractivity contribution in [3.05, 3.63) is 65.9 Å². The summed E-state index contributed by atoms with van der Waals surface area (Å²) in [7, 11) is 1.70. The first-order valence-corrected chi connectivity index (χ1v) is 9.71. The van der Waals surface area contributed by atoms with Crippen molar-refractivity contribution in [3.8, 4) is 5.75 Å². The normalized spacial score (nSPS) is 15.2. The number of amides is 1. The zero-order valence-corrected chi connectivity index (χ0v) is 15.8. The highest BCUT2D eigenvalue weighted by atomic mass is 16.5.